The summed E-state index contributed by atoms with van der Waals surface area (Å²) in [5.41, 5.74) is 5.71. The van der Waals surface area contributed by atoms with Crippen molar-refractivity contribution in [3.63, 3.8) is 0 Å². The van der Waals surface area contributed by atoms with Crippen LogP contribution in [-0.4, -0.2) is 25.8 Å². The molecule has 1 aliphatic carbocycles. The molecule has 0 aliphatic heterocycles. The Hall–Kier alpha value is -1.82. The van der Waals surface area contributed by atoms with E-state index in [0.717, 1.165) is 12.8 Å². The second-order valence-electron chi connectivity index (χ2n) is 5.01. The van der Waals surface area contributed by atoms with E-state index in [-0.39, 0.29) is 6.04 Å². The maximum absolute atomic E-state index is 6.15. The first-order valence-electron chi connectivity index (χ1n) is 6.77. The third-order valence-electron chi connectivity index (χ3n) is 3.73. The highest BCUT2D eigenvalue weighted by Gasteiger charge is 2.27. The fraction of sp³-hybridized carbons (Fsp3) is 0.462. The molecule has 2 aromatic rings. The minimum atomic E-state index is 0.246. The number of rotatable bonds is 3. The predicted molar refractivity (Wildman–Crippen MR) is 78.6 cm³/mol. The van der Waals surface area contributed by atoms with Crippen molar-refractivity contribution in [2.45, 2.75) is 37.8 Å². The lowest BCUT2D eigenvalue weighted by Crippen LogP contribution is -2.35. The quantitative estimate of drug-likeness (QED) is 0.908. The summed E-state index contributed by atoms with van der Waals surface area (Å²) in [6.45, 7) is 0. The average molecular weight is 293 g/mol. The van der Waals surface area contributed by atoms with Gasteiger partial charge in [-0.3, -0.25) is 4.68 Å². The van der Waals surface area contributed by atoms with Crippen LogP contribution in [0, 0.1) is 0 Å². The first kappa shape index (κ1) is 13.2. The van der Waals surface area contributed by atoms with E-state index in [4.69, 9.17) is 17.3 Å². The normalized spacial score (nSPS) is 22.6. The zero-order valence-electron chi connectivity index (χ0n) is 11.0. The fourth-order valence-electron chi connectivity index (χ4n) is 2.73. The molecule has 2 unspecified atom stereocenters. The van der Waals surface area contributed by atoms with E-state index >= 15 is 0 Å². The Morgan fingerprint density at radius 1 is 1.30 bits per heavy atom. The van der Waals surface area contributed by atoms with Gasteiger partial charge in [0.2, 0.25) is 0 Å². The lowest BCUT2D eigenvalue weighted by Gasteiger charge is -2.32. The van der Waals surface area contributed by atoms with Crippen molar-refractivity contribution >= 4 is 23.2 Å². The van der Waals surface area contributed by atoms with E-state index in [0.29, 0.717) is 22.7 Å². The lowest BCUT2D eigenvalue weighted by atomic mass is 9.90. The molecular formula is C13H17ClN6. The van der Waals surface area contributed by atoms with E-state index < -0.39 is 0 Å². The van der Waals surface area contributed by atoms with E-state index in [2.05, 4.69) is 20.4 Å². The second-order valence-corrected chi connectivity index (χ2v) is 5.39. The van der Waals surface area contributed by atoms with Crippen LogP contribution >= 0.6 is 11.6 Å². The van der Waals surface area contributed by atoms with Crippen LogP contribution in [0.1, 0.15) is 31.7 Å². The third kappa shape index (κ3) is 2.56. The maximum atomic E-state index is 6.15. The van der Waals surface area contributed by atoms with Crippen LogP contribution < -0.4 is 11.1 Å². The van der Waals surface area contributed by atoms with Crippen LogP contribution in [0.2, 0.25) is 5.02 Å². The molecule has 1 saturated carbocycles. The number of halogens is 1. The summed E-state index contributed by atoms with van der Waals surface area (Å²) in [6.07, 6.45) is 9.79. The number of hydrogen-bond acceptors (Lipinski definition) is 5. The molecular weight excluding hydrogens is 276 g/mol. The smallest absolute Gasteiger partial charge is 0.150 e. The molecule has 3 rings (SSSR count). The number of nitrogens with one attached hydrogen (secondary N) is 1. The number of nitrogens with two attached hydrogens (primary N) is 1. The number of hydrogen-bond donors (Lipinski definition) is 2. The minimum Gasteiger partial charge on any atom is -0.382 e. The van der Waals surface area contributed by atoms with Crippen molar-refractivity contribution in [1.29, 1.82) is 0 Å². The summed E-state index contributed by atoms with van der Waals surface area (Å²) < 4.78 is 2.01. The zero-order valence-corrected chi connectivity index (χ0v) is 11.8. The number of anilines is 2. The van der Waals surface area contributed by atoms with Crippen LogP contribution in [0.5, 0.6) is 0 Å². The van der Waals surface area contributed by atoms with Crippen molar-refractivity contribution in [1.82, 2.24) is 19.7 Å². The average Bonchev–Trinajstić information content (AvgIpc) is 2.98. The molecule has 6 nitrogen and oxygen atoms in total. The van der Waals surface area contributed by atoms with Crippen molar-refractivity contribution in [3.8, 4) is 0 Å². The molecule has 0 aromatic carbocycles. The van der Waals surface area contributed by atoms with Gasteiger partial charge in [-0.2, -0.15) is 5.10 Å². The van der Waals surface area contributed by atoms with Gasteiger partial charge >= 0.3 is 0 Å². The summed E-state index contributed by atoms with van der Waals surface area (Å²) in [5.74, 6) is 0.902. The van der Waals surface area contributed by atoms with E-state index in [1.807, 2.05) is 16.9 Å². The van der Waals surface area contributed by atoms with Gasteiger partial charge in [-0.05, 0) is 18.9 Å². The Bertz CT molecular complexity index is 570. The van der Waals surface area contributed by atoms with Crippen LogP contribution in [-0.2, 0) is 0 Å². The molecule has 0 bridgehead atoms. The molecule has 0 amide bonds. The van der Waals surface area contributed by atoms with Crippen LogP contribution in [0.4, 0.5) is 11.6 Å². The molecule has 2 heterocycles. The highest BCUT2D eigenvalue weighted by atomic mass is 35.5. The standard InChI is InChI=1S/C13H17ClN6/c14-11-12(15)16-8-17-13(11)19-9-4-1-2-5-10(9)20-7-3-6-18-20/h3,6-10H,1-2,4-5H2,(H3,15,16,17,19). The number of nitrogens with zero attached hydrogens (tertiary/aromatic N) is 4. The number of nitrogen functional groups attached to an aromatic ring is 1. The summed E-state index contributed by atoms with van der Waals surface area (Å²) in [7, 11) is 0. The van der Waals surface area contributed by atoms with Gasteiger partial charge in [0, 0.05) is 12.4 Å². The highest BCUT2D eigenvalue weighted by Crippen LogP contribution is 2.32. The molecule has 0 saturated heterocycles. The third-order valence-corrected chi connectivity index (χ3v) is 4.11. The van der Waals surface area contributed by atoms with Gasteiger partial charge in [-0.15, -0.1) is 0 Å². The van der Waals surface area contributed by atoms with Crippen LogP contribution in [0.15, 0.2) is 24.8 Å². The van der Waals surface area contributed by atoms with E-state index in [9.17, 15) is 0 Å². The highest BCUT2D eigenvalue weighted by molar-refractivity contribution is 6.35. The van der Waals surface area contributed by atoms with Crippen molar-refractivity contribution < 1.29 is 0 Å². The van der Waals surface area contributed by atoms with Crippen molar-refractivity contribution in [2.24, 2.45) is 0 Å². The molecule has 0 radical (unpaired) electrons. The summed E-state index contributed by atoms with van der Waals surface area (Å²) in [5, 5.41) is 8.15. The Labute approximate surface area is 122 Å². The first-order valence-corrected chi connectivity index (χ1v) is 7.15. The van der Waals surface area contributed by atoms with E-state index in [1.54, 1.807) is 6.20 Å². The largest absolute Gasteiger partial charge is 0.382 e. The van der Waals surface area contributed by atoms with Gasteiger partial charge in [0.25, 0.3) is 0 Å². The fourth-order valence-corrected chi connectivity index (χ4v) is 2.88. The summed E-state index contributed by atoms with van der Waals surface area (Å²) in [6, 6.07) is 2.50. The molecule has 1 aliphatic rings. The topological polar surface area (TPSA) is 81.6 Å². The Morgan fingerprint density at radius 2 is 2.15 bits per heavy atom. The van der Waals surface area contributed by atoms with Crippen LogP contribution in [0.3, 0.4) is 0 Å². The Kier molecular flexibility index (Phi) is 3.73. The van der Waals surface area contributed by atoms with Crippen molar-refractivity contribution in [2.75, 3.05) is 11.1 Å². The molecule has 106 valence electrons. The van der Waals surface area contributed by atoms with Gasteiger partial charge in [0.1, 0.15) is 17.2 Å². The molecule has 3 N–H and O–H groups in total. The van der Waals surface area contributed by atoms with Gasteiger partial charge < -0.3 is 11.1 Å². The molecule has 7 heteroatoms. The Morgan fingerprint density at radius 3 is 2.95 bits per heavy atom. The van der Waals surface area contributed by atoms with Gasteiger partial charge in [-0.25, -0.2) is 9.97 Å². The van der Waals surface area contributed by atoms with Crippen molar-refractivity contribution in [3.05, 3.63) is 29.8 Å². The minimum absolute atomic E-state index is 0.246. The van der Waals surface area contributed by atoms with Gasteiger partial charge in [0.15, 0.2) is 5.82 Å². The molecule has 1 fully saturated rings. The SMILES string of the molecule is Nc1ncnc(NC2CCCCC2n2cccn2)c1Cl. The molecule has 2 atom stereocenters. The lowest BCUT2D eigenvalue weighted by molar-refractivity contribution is 0.301. The van der Waals surface area contributed by atoms with Gasteiger partial charge in [-0.1, -0.05) is 24.4 Å². The van der Waals surface area contributed by atoms with Gasteiger partial charge in [0.05, 0.1) is 12.1 Å². The zero-order chi connectivity index (χ0) is 13.9. The second kappa shape index (κ2) is 5.66. The summed E-state index contributed by atoms with van der Waals surface area (Å²) in [4.78, 5) is 8.06. The Balaban J connectivity index is 1.82. The molecule has 20 heavy (non-hydrogen) atoms. The number of aromatic nitrogens is 4. The first-order chi connectivity index (χ1) is 9.75. The summed E-state index contributed by atoms with van der Waals surface area (Å²) >= 11 is 6.15. The van der Waals surface area contributed by atoms with Crippen LogP contribution in [0.25, 0.3) is 0 Å². The molecule has 2 aromatic heterocycles. The molecule has 0 spiro atoms. The van der Waals surface area contributed by atoms with E-state index in [1.165, 1.54) is 19.2 Å². The maximum Gasteiger partial charge on any atom is 0.150 e. The predicted octanol–water partition coefficient (Wildman–Crippen LogP) is 2.50. The monoisotopic (exact) mass is 292 g/mol.